The molecule has 0 amide bonds. The number of rotatable bonds is 0. The molecule has 0 saturated carbocycles. The predicted molar refractivity (Wildman–Crippen MR) is 51.1 cm³/mol. The summed E-state index contributed by atoms with van der Waals surface area (Å²) in [6.45, 7) is 1.96. The minimum Gasteiger partial charge on any atom is -0.454 e. The Balaban J connectivity index is 2.47. The summed E-state index contributed by atoms with van der Waals surface area (Å²) in [4.78, 5) is 11.4. The lowest BCUT2D eigenvalue weighted by Gasteiger charge is -2.00. The average Bonchev–Trinajstić information content (AvgIpc) is 2.69. The van der Waals surface area contributed by atoms with Gasteiger partial charge >= 0.3 is 5.63 Å². The Bertz CT molecular complexity index is 602. The lowest BCUT2D eigenvalue weighted by molar-refractivity contribution is 0.174. The van der Waals surface area contributed by atoms with Crippen LogP contribution < -0.4 is 15.1 Å². The summed E-state index contributed by atoms with van der Waals surface area (Å²) in [6.07, 6.45) is 0. The quantitative estimate of drug-likeness (QED) is 0.647. The maximum Gasteiger partial charge on any atom is 0.366 e. The molecule has 2 heterocycles. The first-order valence-electron chi connectivity index (χ1n) is 4.45. The monoisotopic (exact) mass is 205 g/mol. The van der Waals surface area contributed by atoms with Crippen molar-refractivity contribution in [1.82, 2.24) is 5.16 Å². The number of hydrogen-bond acceptors (Lipinski definition) is 5. The van der Waals surface area contributed by atoms with Crippen LogP contribution in [0.4, 0.5) is 0 Å². The standard InChI is InChI=1S/C10H7NO4/c1-5-6-2-8-9(14-4-13-8)3-7(6)10(12)15-11-5/h2-3H,4H2,1H3. The van der Waals surface area contributed by atoms with Crippen molar-refractivity contribution < 1.29 is 14.0 Å². The molecule has 0 unspecified atom stereocenters. The fourth-order valence-corrected chi connectivity index (χ4v) is 1.62. The second kappa shape index (κ2) is 2.73. The van der Waals surface area contributed by atoms with Crippen LogP contribution in [0.25, 0.3) is 10.8 Å². The maximum absolute atomic E-state index is 11.4. The molecule has 1 aliphatic heterocycles. The van der Waals surface area contributed by atoms with Crippen LogP contribution in [0.15, 0.2) is 21.5 Å². The summed E-state index contributed by atoms with van der Waals surface area (Å²) in [5.74, 6) is 1.21. The molecule has 0 spiro atoms. The van der Waals surface area contributed by atoms with Crippen LogP contribution in [0.5, 0.6) is 11.5 Å². The molecular formula is C10H7NO4. The van der Waals surface area contributed by atoms with Gasteiger partial charge < -0.3 is 14.0 Å². The normalized spacial score (nSPS) is 13.4. The van der Waals surface area contributed by atoms with Crippen molar-refractivity contribution in [2.24, 2.45) is 0 Å². The Kier molecular flexibility index (Phi) is 1.50. The van der Waals surface area contributed by atoms with Crippen molar-refractivity contribution in [3.8, 4) is 11.5 Å². The third-order valence-corrected chi connectivity index (χ3v) is 2.39. The summed E-state index contributed by atoms with van der Waals surface area (Å²) >= 11 is 0. The van der Waals surface area contributed by atoms with Crippen LogP contribution in [-0.2, 0) is 0 Å². The third-order valence-electron chi connectivity index (χ3n) is 2.39. The molecule has 15 heavy (non-hydrogen) atoms. The van der Waals surface area contributed by atoms with Gasteiger partial charge in [0.1, 0.15) is 0 Å². The van der Waals surface area contributed by atoms with Crippen LogP contribution in [0.3, 0.4) is 0 Å². The minimum atomic E-state index is -0.464. The highest BCUT2D eigenvalue weighted by Crippen LogP contribution is 2.35. The molecule has 0 radical (unpaired) electrons. The molecule has 0 bridgehead atoms. The van der Waals surface area contributed by atoms with Gasteiger partial charge in [0, 0.05) is 5.39 Å². The number of aryl methyl sites for hydroxylation is 1. The van der Waals surface area contributed by atoms with Crippen molar-refractivity contribution in [1.29, 1.82) is 0 Å². The molecule has 5 nitrogen and oxygen atoms in total. The van der Waals surface area contributed by atoms with E-state index in [-0.39, 0.29) is 6.79 Å². The number of benzene rings is 1. The van der Waals surface area contributed by atoms with E-state index in [2.05, 4.69) is 9.68 Å². The Morgan fingerprint density at radius 1 is 1.20 bits per heavy atom. The molecule has 1 aliphatic rings. The zero-order chi connectivity index (χ0) is 10.4. The summed E-state index contributed by atoms with van der Waals surface area (Å²) in [6, 6.07) is 3.37. The highest BCUT2D eigenvalue weighted by Gasteiger charge is 2.17. The molecular weight excluding hydrogens is 198 g/mol. The first kappa shape index (κ1) is 8.28. The fraction of sp³-hybridized carbons (Fsp3) is 0.200. The average molecular weight is 205 g/mol. The van der Waals surface area contributed by atoms with Gasteiger partial charge in [0.15, 0.2) is 11.5 Å². The summed E-state index contributed by atoms with van der Waals surface area (Å²) in [7, 11) is 0. The van der Waals surface area contributed by atoms with Crippen molar-refractivity contribution in [3.63, 3.8) is 0 Å². The van der Waals surface area contributed by atoms with Crippen LogP contribution in [0.2, 0.25) is 0 Å². The van der Waals surface area contributed by atoms with Gasteiger partial charge in [0.05, 0.1) is 11.1 Å². The van der Waals surface area contributed by atoms with E-state index in [4.69, 9.17) is 9.47 Å². The number of nitrogens with zero attached hydrogens (tertiary/aromatic N) is 1. The highest BCUT2D eigenvalue weighted by atomic mass is 16.7. The van der Waals surface area contributed by atoms with E-state index >= 15 is 0 Å². The first-order chi connectivity index (χ1) is 7.25. The van der Waals surface area contributed by atoms with Gasteiger partial charge in [-0.2, -0.15) is 0 Å². The number of aromatic nitrogens is 1. The highest BCUT2D eigenvalue weighted by molar-refractivity contribution is 5.86. The third kappa shape index (κ3) is 1.09. The number of hydrogen-bond donors (Lipinski definition) is 0. The second-order valence-electron chi connectivity index (χ2n) is 3.31. The van der Waals surface area contributed by atoms with E-state index in [1.165, 1.54) is 0 Å². The van der Waals surface area contributed by atoms with Crippen LogP contribution in [-0.4, -0.2) is 11.9 Å². The van der Waals surface area contributed by atoms with E-state index in [0.29, 0.717) is 22.6 Å². The SMILES string of the molecule is Cc1noc(=O)c2cc3c(cc12)OCO3. The Morgan fingerprint density at radius 2 is 1.87 bits per heavy atom. The molecule has 0 N–H and O–H groups in total. The van der Waals surface area contributed by atoms with Crippen LogP contribution >= 0.6 is 0 Å². The second-order valence-corrected chi connectivity index (χ2v) is 3.31. The number of fused-ring (bicyclic) bond motifs is 2. The molecule has 5 heteroatoms. The molecule has 76 valence electrons. The van der Waals surface area contributed by atoms with E-state index in [0.717, 1.165) is 5.39 Å². The minimum absolute atomic E-state index is 0.184. The molecule has 2 aromatic rings. The number of ether oxygens (including phenoxy) is 2. The smallest absolute Gasteiger partial charge is 0.366 e. The molecule has 0 saturated heterocycles. The van der Waals surface area contributed by atoms with Crippen LogP contribution in [0.1, 0.15) is 5.69 Å². The summed E-state index contributed by atoms with van der Waals surface area (Å²) < 4.78 is 15.0. The van der Waals surface area contributed by atoms with E-state index in [1.54, 1.807) is 19.1 Å². The lowest BCUT2D eigenvalue weighted by Crippen LogP contribution is -2.02. The molecule has 0 fully saturated rings. The molecule has 0 atom stereocenters. The van der Waals surface area contributed by atoms with Gasteiger partial charge in [0.25, 0.3) is 0 Å². The molecule has 3 rings (SSSR count). The van der Waals surface area contributed by atoms with Gasteiger partial charge in [-0.15, -0.1) is 0 Å². The van der Waals surface area contributed by atoms with Crippen molar-refractivity contribution in [3.05, 3.63) is 28.2 Å². The first-order valence-corrected chi connectivity index (χ1v) is 4.45. The predicted octanol–water partition coefficient (Wildman–Crippen LogP) is 1.23. The Hall–Kier alpha value is -2.04. The van der Waals surface area contributed by atoms with Crippen molar-refractivity contribution in [2.75, 3.05) is 6.79 Å². The zero-order valence-electron chi connectivity index (χ0n) is 7.94. The Morgan fingerprint density at radius 3 is 2.60 bits per heavy atom. The largest absolute Gasteiger partial charge is 0.454 e. The molecule has 0 aliphatic carbocycles. The van der Waals surface area contributed by atoms with E-state index < -0.39 is 5.63 Å². The Labute approximate surface area is 84.2 Å². The van der Waals surface area contributed by atoms with E-state index in [1.807, 2.05) is 0 Å². The topological polar surface area (TPSA) is 61.6 Å². The van der Waals surface area contributed by atoms with Crippen LogP contribution in [0, 0.1) is 6.92 Å². The van der Waals surface area contributed by atoms with Crippen molar-refractivity contribution in [2.45, 2.75) is 6.92 Å². The molecule has 1 aromatic heterocycles. The zero-order valence-corrected chi connectivity index (χ0v) is 7.94. The van der Waals surface area contributed by atoms with Crippen molar-refractivity contribution >= 4 is 10.8 Å². The van der Waals surface area contributed by atoms with E-state index in [9.17, 15) is 4.79 Å². The maximum atomic E-state index is 11.4. The summed E-state index contributed by atoms with van der Waals surface area (Å²) in [5, 5.41) is 4.84. The fourth-order valence-electron chi connectivity index (χ4n) is 1.62. The van der Waals surface area contributed by atoms with Gasteiger partial charge in [-0.1, -0.05) is 5.16 Å². The molecule has 1 aromatic carbocycles. The van der Waals surface area contributed by atoms with Gasteiger partial charge in [-0.25, -0.2) is 4.79 Å². The lowest BCUT2D eigenvalue weighted by atomic mass is 10.1. The van der Waals surface area contributed by atoms with Gasteiger partial charge in [-0.3, -0.25) is 0 Å². The summed E-state index contributed by atoms with van der Waals surface area (Å²) in [5.41, 5.74) is 0.191. The van der Waals surface area contributed by atoms with Gasteiger partial charge in [-0.05, 0) is 19.1 Å². The van der Waals surface area contributed by atoms with Gasteiger partial charge in [0.2, 0.25) is 6.79 Å².